The molecule has 0 atom stereocenters. The van der Waals surface area contributed by atoms with Crippen molar-refractivity contribution in [3.05, 3.63) is 29.8 Å². The highest BCUT2D eigenvalue weighted by atomic mass is 16.4. The zero-order valence-corrected chi connectivity index (χ0v) is 10.1. The van der Waals surface area contributed by atoms with Crippen molar-refractivity contribution in [2.75, 3.05) is 5.32 Å². The normalized spacial score (nSPS) is 10.3. The fourth-order valence-electron chi connectivity index (χ4n) is 1.46. The monoisotopic (exact) mass is 235 g/mol. The highest BCUT2D eigenvalue weighted by Crippen LogP contribution is 2.11. The van der Waals surface area contributed by atoms with Crippen LogP contribution in [0.1, 0.15) is 25.8 Å². The maximum atomic E-state index is 11.5. The van der Waals surface area contributed by atoms with Crippen LogP contribution in [0.15, 0.2) is 24.3 Å². The molecule has 0 aliphatic carbocycles. The summed E-state index contributed by atoms with van der Waals surface area (Å²) in [6.45, 7) is 3.96. The number of benzene rings is 1. The van der Waals surface area contributed by atoms with Crippen LogP contribution in [0.4, 0.5) is 5.69 Å². The minimum atomic E-state index is -0.860. The summed E-state index contributed by atoms with van der Waals surface area (Å²) in [5.41, 5.74) is 1.42. The van der Waals surface area contributed by atoms with Crippen LogP contribution in [0, 0.1) is 5.92 Å². The van der Waals surface area contributed by atoms with Crippen LogP contribution in [0.5, 0.6) is 0 Å². The summed E-state index contributed by atoms with van der Waals surface area (Å²) in [4.78, 5) is 22.0. The number of carboxylic acid groups (broad SMARTS) is 1. The molecule has 4 heteroatoms. The second kappa shape index (κ2) is 6.03. The molecular weight excluding hydrogens is 218 g/mol. The van der Waals surface area contributed by atoms with Gasteiger partial charge in [0.15, 0.2) is 0 Å². The molecule has 1 rings (SSSR count). The Balaban J connectivity index is 2.56. The Bertz CT molecular complexity index is 396. The standard InChI is InChI=1S/C13H17NO3/c1-9(2)7-12(15)14-11-5-3-10(4-6-11)8-13(16)17/h3-6,9H,7-8H2,1-2H3,(H,14,15)(H,16,17). The number of aliphatic carboxylic acids is 1. The highest BCUT2D eigenvalue weighted by molar-refractivity contribution is 5.90. The van der Waals surface area contributed by atoms with E-state index >= 15 is 0 Å². The van der Waals surface area contributed by atoms with Crippen LogP contribution in [-0.2, 0) is 16.0 Å². The van der Waals surface area contributed by atoms with E-state index in [0.29, 0.717) is 18.0 Å². The van der Waals surface area contributed by atoms with Gasteiger partial charge in [-0.05, 0) is 23.6 Å². The fourth-order valence-corrected chi connectivity index (χ4v) is 1.46. The lowest BCUT2D eigenvalue weighted by Gasteiger charge is -2.07. The molecule has 0 unspecified atom stereocenters. The summed E-state index contributed by atoms with van der Waals surface area (Å²) in [6, 6.07) is 6.85. The predicted octanol–water partition coefficient (Wildman–Crippen LogP) is 2.30. The van der Waals surface area contributed by atoms with Crippen LogP contribution >= 0.6 is 0 Å². The number of carbonyl (C=O) groups excluding carboxylic acids is 1. The molecule has 2 N–H and O–H groups in total. The molecule has 1 aromatic rings. The van der Waals surface area contributed by atoms with Gasteiger partial charge in [0.1, 0.15) is 0 Å². The van der Waals surface area contributed by atoms with Crippen LogP contribution < -0.4 is 5.32 Å². The molecule has 0 aliphatic heterocycles. The molecule has 0 heterocycles. The van der Waals surface area contributed by atoms with Crippen molar-refractivity contribution in [1.29, 1.82) is 0 Å². The SMILES string of the molecule is CC(C)CC(=O)Nc1ccc(CC(=O)O)cc1. The molecule has 0 aliphatic rings. The van der Waals surface area contributed by atoms with E-state index in [1.807, 2.05) is 13.8 Å². The van der Waals surface area contributed by atoms with Crippen molar-refractivity contribution in [3.8, 4) is 0 Å². The summed E-state index contributed by atoms with van der Waals surface area (Å²) >= 11 is 0. The molecule has 1 aromatic carbocycles. The van der Waals surface area contributed by atoms with Gasteiger partial charge in [0.25, 0.3) is 0 Å². The molecule has 92 valence electrons. The number of carbonyl (C=O) groups is 2. The summed E-state index contributed by atoms with van der Waals surface area (Å²) < 4.78 is 0. The minimum absolute atomic E-state index is 0.000219. The van der Waals surface area contributed by atoms with E-state index < -0.39 is 5.97 Å². The van der Waals surface area contributed by atoms with Crippen LogP contribution in [-0.4, -0.2) is 17.0 Å². The topological polar surface area (TPSA) is 66.4 Å². The third-order valence-electron chi connectivity index (χ3n) is 2.19. The van der Waals surface area contributed by atoms with E-state index in [1.54, 1.807) is 24.3 Å². The van der Waals surface area contributed by atoms with Crippen LogP contribution in [0.25, 0.3) is 0 Å². The summed E-state index contributed by atoms with van der Waals surface area (Å²) in [6.07, 6.45) is 0.483. The van der Waals surface area contributed by atoms with Gasteiger partial charge in [0.2, 0.25) is 5.91 Å². The Morgan fingerprint density at radius 3 is 2.29 bits per heavy atom. The van der Waals surface area contributed by atoms with Gasteiger partial charge in [0.05, 0.1) is 6.42 Å². The predicted molar refractivity (Wildman–Crippen MR) is 65.9 cm³/mol. The Kier molecular flexibility index (Phi) is 4.69. The molecule has 0 saturated heterocycles. The number of carboxylic acids is 1. The van der Waals surface area contributed by atoms with Gasteiger partial charge < -0.3 is 10.4 Å². The molecule has 0 bridgehead atoms. The number of nitrogens with one attached hydrogen (secondary N) is 1. The fraction of sp³-hybridized carbons (Fsp3) is 0.385. The second-order valence-electron chi connectivity index (χ2n) is 4.41. The molecule has 4 nitrogen and oxygen atoms in total. The van der Waals surface area contributed by atoms with E-state index in [2.05, 4.69) is 5.32 Å². The third-order valence-corrected chi connectivity index (χ3v) is 2.19. The van der Waals surface area contributed by atoms with Gasteiger partial charge in [-0.25, -0.2) is 0 Å². The number of hydrogen-bond donors (Lipinski definition) is 2. The summed E-state index contributed by atoms with van der Waals surface area (Å²) in [7, 11) is 0. The third kappa shape index (κ3) is 5.15. The Labute approximate surface area is 101 Å². The van der Waals surface area contributed by atoms with Crippen molar-refractivity contribution in [2.45, 2.75) is 26.7 Å². The number of anilines is 1. The molecule has 0 radical (unpaired) electrons. The van der Waals surface area contributed by atoms with E-state index in [9.17, 15) is 9.59 Å². The first-order valence-corrected chi connectivity index (χ1v) is 5.58. The van der Waals surface area contributed by atoms with Crippen molar-refractivity contribution < 1.29 is 14.7 Å². The van der Waals surface area contributed by atoms with Crippen molar-refractivity contribution in [3.63, 3.8) is 0 Å². The summed E-state index contributed by atoms with van der Waals surface area (Å²) in [5.74, 6) is -0.561. The first kappa shape index (κ1) is 13.2. The molecule has 0 saturated carbocycles. The zero-order valence-electron chi connectivity index (χ0n) is 10.1. The van der Waals surface area contributed by atoms with Gasteiger partial charge in [-0.3, -0.25) is 9.59 Å². The van der Waals surface area contributed by atoms with Crippen molar-refractivity contribution in [2.24, 2.45) is 5.92 Å². The number of rotatable bonds is 5. The van der Waals surface area contributed by atoms with Gasteiger partial charge in [-0.15, -0.1) is 0 Å². The van der Waals surface area contributed by atoms with Gasteiger partial charge in [-0.1, -0.05) is 26.0 Å². The van der Waals surface area contributed by atoms with Gasteiger partial charge in [-0.2, -0.15) is 0 Å². The Morgan fingerprint density at radius 1 is 1.24 bits per heavy atom. The molecule has 17 heavy (non-hydrogen) atoms. The van der Waals surface area contributed by atoms with Crippen LogP contribution in [0.2, 0.25) is 0 Å². The first-order chi connectivity index (χ1) is 7.97. The molecule has 1 amide bonds. The maximum Gasteiger partial charge on any atom is 0.307 e. The first-order valence-electron chi connectivity index (χ1n) is 5.58. The van der Waals surface area contributed by atoms with Gasteiger partial charge >= 0.3 is 5.97 Å². The number of hydrogen-bond acceptors (Lipinski definition) is 2. The van der Waals surface area contributed by atoms with Crippen molar-refractivity contribution >= 4 is 17.6 Å². The van der Waals surface area contributed by atoms with E-state index in [1.165, 1.54) is 0 Å². The number of amides is 1. The lowest BCUT2D eigenvalue weighted by atomic mass is 10.1. The average molecular weight is 235 g/mol. The molecule has 0 fully saturated rings. The lowest BCUT2D eigenvalue weighted by molar-refractivity contribution is -0.136. The van der Waals surface area contributed by atoms with E-state index in [4.69, 9.17) is 5.11 Å². The molecule has 0 aromatic heterocycles. The smallest absolute Gasteiger partial charge is 0.307 e. The zero-order chi connectivity index (χ0) is 12.8. The lowest BCUT2D eigenvalue weighted by Crippen LogP contribution is -2.13. The highest BCUT2D eigenvalue weighted by Gasteiger charge is 2.05. The molecule has 0 spiro atoms. The van der Waals surface area contributed by atoms with Gasteiger partial charge in [0, 0.05) is 12.1 Å². The van der Waals surface area contributed by atoms with Crippen molar-refractivity contribution in [1.82, 2.24) is 0 Å². The molecular formula is C13H17NO3. The Morgan fingerprint density at radius 2 is 1.82 bits per heavy atom. The second-order valence-corrected chi connectivity index (χ2v) is 4.41. The minimum Gasteiger partial charge on any atom is -0.481 e. The van der Waals surface area contributed by atoms with E-state index in [0.717, 1.165) is 5.56 Å². The van der Waals surface area contributed by atoms with Crippen LogP contribution in [0.3, 0.4) is 0 Å². The quantitative estimate of drug-likeness (QED) is 0.822. The Hall–Kier alpha value is -1.84. The average Bonchev–Trinajstić information content (AvgIpc) is 2.18. The maximum absolute atomic E-state index is 11.5. The van der Waals surface area contributed by atoms with E-state index in [-0.39, 0.29) is 12.3 Å². The largest absolute Gasteiger partial charge is 0.481 e. The summed E-state index contributed by atoms with van der Waals surface area (Å²) in [5, 5.41) is 11.4.